The van der Waals surface area contributed by atoms with Gasteiger partial charge in [0.1, 0.15) is 11.6 Å². The number of ether oxygens (including phenoxy) is 1. The number of rotatable bonds is 2. The summed E-state index contributed by atoms with van der Waals surface area (Å²) in [6.45, 7) is 8.19. The third-order valence-corrected chi connectivity index (χ3v) is 7.15. The van der Waals surface area contributed by atoms with Gasteiger partial charge in [0, 0.05) is 30.6 Å². The Morgan fingerprint density at radius 3 is 2.37 bits per heavy atom. The number of carboxylic acids is 1. The van der Waals surface area contributed by atoms with Crippen molar-refractivity contribution in [2.24, 2.45) is 11.1 Å². The highest BCUT2D eigenvalue weighted by molar-refractivity contribution is 6.33. The molecule has 4 rings (SSSR count). The van der Waals surface area contributed by atoms with E-state index in [-0.39, 0.29) is 23.1 Å². The summed E-state index contributed by atoms with van der Waals surface area (Å²) in [4.78, 5) is 28.7. The molecular formula is C23H28ClF3N4O4. The van der Waals surface area contributed by atoms with Gasteiger partial charge in [-0.3, -0.25) is 9.36 Å². The van der Waals surface area contributed by atoms with Crippen LogP contribution in [0, 0.1) is 19.3 Å². The highest BCUT2D eigenvalue weighted by Gasteiger charge is 2.47. The largest absolute Gasteiger partial charge is 0.490 e. The predicted octanol–water partition coefficient (Wildman–Crippen LogP) is 3.47. The van der Waals surface area contributed by atoms with Crippen molar-refractivity contribution in [3.8, 4) is 5.69 Å². The Morgan fingerprint density at radius 2 is 1.89 bits per heavy atom. The number of anilines is 1. The average Bonchev–Trinajstić information content (AvgIpc) is 3.05. The molecule has 2 atom stereocenters. The molecule has 0 saturated carbocycles. The van der Waals surface area contributed by atoms with Gasteiger partial charge in [-0.15, -0.1) is 0 Å². The van der Waals surface area contributed by atoms with Crippen LogP contribution >= 0.6 is 11.6 Å². The maximum absolute atomic E-state index is 12.9. The Bertz CT molecular complexity index is 1150. The van der Waals surface area contributed by atoms with Gasteiger partial charge >= 0.3 is 12.1 Å². The summed E-state index contributed by atoms with van der Waals surface area (Å²) in [5.41, 5.74) is 7.94. The zero-order valence-corrected chi connectivity index (χ0v) is 20.4. The number of aromatic nitrogens is 2. The molecular weight excluding hydrogens is 489 g/mol. The van der Waals surface area contributed by atoms with Crippen LogP contribution in [0.5, 0.6) is 0 Å². The number of alkyl halides is 3. The van der Waals surface area contributed by atoms with E-state index >= 15 is 0 Å². The Hall–Kier alpha value is -2.63. The number of carbonyl (C=O) groups is 1. The van der Waals surface area contributed by atoms with Crippen molar-refractivity contribution in [3.05, 3.63) is 51.0 Å². The highest BCUT2D eigenvalue weighted by atomic mass is 35.5. The predicted molar refractivity (Wildman–Crippen MR) is 125 cm³/mol. The van der Waals surface area contributed by atoms with Gasteiger partial charge in [-0.2, -0.15) is 13.2 Å². The third-order valence-electron chi connectivity index (χ3n) is 6.66. The summed E-state index contributed by atoms with van der Waals surface area (Å²) >= 11 is 6.43. The lowest BCUT2D eigenvalue weighted by atomic mass is 9.73. The smallest absolute Gasteiger partial charge is 0.475 e. The van der Waals surface area contributed by atoms with Gasteiger partial charge in [0.25, 0.3) is 5.56 Å². The topological polar surface area (TPSA) is 111 Å². The standard InChI is InChI=1S/C21H27ClN4O2.C2HF3O2/c1-13-5-4-6-16(19(13)22)26-15(3)24-17(11-18(26)27)25-9-7-21(8-10-25)12-28-14(2)20(21)23;3-2(4,5)1(6)7/h4-6,11,14,20H,7-10,12,23H2,1-3H3;(H,6,7)/t14-,20+;/m0./s1. The molecule has 3 heterocycles. The quantitative estimate of drug-likeness (QED) is 0.628. The summed E-state index contributed by atoms with van der Waals surface area (Å²) in [6, 6.07) is 7.35. The zero-order chi connectivity index (χ0) is 26.1. The van der Waals surface area contributed by atoms with Crippen LogP contribution in [0.1, 0.15) is 31.2 Å². The number of hydrogen-bond donors (Lipinski definition) is 2. The van der Waals surface area contributed by atoms with Crippen LogP contribution in [0.25, 0.3) is 5.69 Å². The number of nitrogens with two attached hydrogens (primary N) is 1. The van der Waals surface area contributed by atoms with Crippen LogP contribution in [0.15, 0.2) is 29.1 Å². The van der Waals surface area contributed by atoms with E-state index in [1.807, 2.05) is 39.0 Å². The monoisotopic (exact) mass is 516 g/mol. The number of piperidine rings is 1. The first-order chi connectivity index (χ1) is 16.3. The fourth-order valence-corrected chi connectivity index (χ4v) is 4.71. The number of hydrogen-bond acceptors (Lipinski definition) is 6. The molecule has 8 nitrogen and oxygen atoms in total. The molecule has 192 valence electrons. The van der Waals surface area contributed by atoms with E-state index in [9.17, 15) is 18.0 Å². The first kappa shape index (κ1) is 27.0. The maximum atomic E-state index is 12.9. The molecule has 2 aliphatic rings. The molecule has 35 heavy (non-hydrogen) atoms. The van der Waals surface area contributed by atoms with Gasteiger partial charge < -0.3 is 20.5 Å². The van der Waals surface area contributed by atoms with Gasteiger partial charge in [0.05, 0.1) is 23.4 Å². The van der Waals surface area contributed by atoms with E-state index in [4.69, 9.17) is 37.0 Å². The van der Waals surface area contributed by atoms with E-state index < -0.39 is 12.1 Å². The highest BCUT2D eigenvalue weighted by Crippen LogP contribution is 2.41. The molecule has 2 saturated heterocycles. The third kappa shape index (κ3) is 5.62. The van der Waals surface area contributed by atoms with E-state index in [1.165, 1.54) is 0 Å². The minimum absolute atomic E-state index is 0.0506. The molecule has 1 spiro atoms. The van der Waals surface area contributed by atoms with Gasteiger partial charge in [0.15, 0.2) is 0 Å². The van der Waals surface area contributed by atoms with E-state index in [0.29, 0.717) is 16.5 Å². The first-order valence-electron chi connectivity index (χ1n) is 11.1. The van der Waals surface area contributed by atoms with E-state index in [0.717, 1.165) is 43.9 Å². The Balaban J connectivity index is 0.000000429. The second-order valence-corrected chi connectivity index (χ2v) is 9.32. The van der Waals surface area contributed by atoms with Crippen molar-refractivity contribution < 1.29 is 27.8 Å². The van der Waals surface area contributed by atoms with Crippen molar-refractivity contribution in [2.45, 2.75) is 51.9 Å². The van der Waals surface area contributed by atoms with E-state index in [1.54, 1.807) is 10.6 Å². The lowest BCUT2D eigenvalue weighted by Crippen LogP contribution is -2.51. The first-order valence-corrected chi connectivity index (χ1v) is 11.4. The Morgan fingerprint density at radius 1 is 1.29 bits per heavy atom. The molecule has 0 radical (unpaired) electrons. The fraction of sp³-hybridized carbons (Fsp3) is 0.522. The minimum Gasteiger partial charge on any atom is -0.475 e. The molecule has 1 aromatic heterocycles. The molecule has 0 bridgehead atoms. The van der Waals surface area contributed by atoms with Crippen LogP contribution in [-0.4, -0.2) is 58.6 Å². The number of carboxylic acid groups (broad SMARTS) is 1. The molecule has 2 aromatic rings. The van der Waals surface area contributed by atoms with Crippen molar-refractivity contribution >= 4 is 23.4 Å². The minimum atomic E-state index is -5.08. The summed E-state index contributed by atoms with van der Waals surface area (Å²) in [7, 11) is 0. The second-order valence-electron chi connectivity index (χ2n) is 8.94. The molecule has 0 amide bonds. The molecule has 12 heteroatoms. The van der Waals surface area contributed by atoms with Gasteiger partial charge in [-0.1, -0.05) is 23.7 Å². The zero-order valence-electron chi connectivity index (χ0n) is 19.6. The summed E-state index contributed by atoms with van der Waals surface area (Å²) in [5.74, 6) is -1.41. The van der Waals surface area contributed by atoms with Gasteiger partial charge in [-0.05, 0) is 45.2 Å². The molecule has 2 fully saturated rings. The van der Waals surface area contributed by atoms with Crippen LogP contribution in [0.4, 0.5) is 19.0 Å². The number of aliphatic carboxylic acids is 1. The normalized spacial score (nSPS) is 21.5. The summed E-state index contributed by atoms with van der Waals surface area (Å²) < 4.78 is 39.1. The van der Waals surface area contributed by atoms with Crippen molar-refractivity contribution in [1.29, 1.82) is 0 Å². The number of aryl methyl sites for hydroxylation is 2. The number of halogens is 4. The summed E-state index contributed by atoms with van der Waals surface area (Å²) in [5, 5.41) is 7.70. The molecule has 0 aliphatic carbocycles. The van der Waals surface area contributed by atoms with Gasteiger partial charge in [-0.25, -0.2) is 9.78 Å². The van der Waals surface area contributed by atoms with Crippen LogP contribution in [0.2, 0.25) is 5.02 Å². The molecule has 1 aromatic carbocycles. The number of nitrogens with zero attached hydrogens (tertiary/aromatic N) is 3. The van der Waals surface area contributed by atoms with Crippen molar-refractivity contribution in [3.63, 3.8) is 0 Å². The van der Waals surface area contributed by atoms with Crippen LogP contribution in [-0.2, 0) is 9.53 Å². The Kier molecular flexibility index (Phi) is 7.83. The SMILES string of the molecule is Cc1cccc(-n2c(C)nc(N3CCC4(CC3)CO[C@@H](C)[C@H]4N)cc2=O)c1Cl.O=C(O)C(F)(F)F. The van der Waals surface area contributed by atoms with Gasteiger partial charge in [0.2, 0.25) is 0 Å². The lowest BCUT2D eigenvalue weighted by Gasteiger charge is -2.41. The van der Waals surface area contributed by atoms with E-state index in [2.05, 4.69) is 4.90 Å². The molecule has 3 N–H and O–H groups in total. The van der Waals surface area contributed by atoms with Crippen LogP contribution < -0.4 is 16.2 Å². The summed E-state index contributed by atoms with van der Waals surface area (Å²) in [6.07, 6.45) is -3.08. The molecule has 0 unspecified atom stereocenters. The van der Waals surface area contributed by atoms with Crippen molar-refractivity contribution in [1.82, 2.24) is 9.55 Å². The lowest BCUT2D eigenvalue weighted by molar-refractivity contribution is -0.192. The Labute approximate surface area is 205 Å². The number of benzene rings is 1. The molecule has 2 aliphatic heterocycles. The van der Waals surface area contributed by atoms with Crippen LogP contribution in [0.3, 0.4) is 0 Å². The average molecular weight is 517 g/mol. The fourth-order valence-electron chi connectivity index (χ4n) is 4.50. The second kappa shape index (κ2) is 10.2. The maximum Gasteiger partial charge on any atom is 0.490 e. The van der Waals surface area contributed by atoms with Crippen molar-refractivity contribution in [2.75, 3.05) is 24.6 Å².